The summed E-state index contributed by atoms with van der Waals surface area (Å²) in [5.74, 6) is -0.769. The number of carbonyl (C=O) groups excluding carboxylic acids is 3. The first kappa shape index (κ1) is 30.9. The number of nitrogens with zero attached hydrogens (tertiary/aromatic N) is 3. The Labute approximate surface area is 254 Å². The second-order valence-corrected chi connectivity index (χ2v) is 12.7. The highest BCUT2D eigenvalue weighted by molar-refractivity contribution is 8.18. The molecular formula is C29H28ClF3N4O5S. The number of ether oxygens (including phenoxy) is 1. The molecule has 2 atom stereocenters. The van der Waals surface area contributed by atoms with Crippen molar-refractivity contribution in [3.8, 4) is 0 Å². The third-order valence-electron chi connectivity index (χ3n) is 7.14. The Morgan fingerprint density at radius 2 is 1.93 bits per heavy atom. The fraction of sp³-hybridized carbons (Fsp3) is 0.379. The summed E-state index contributed by atoms with van der Waals surface area (Å²) in [5, 5.41) is 17.5. The zero-order valence-electron chi connectivity index (χ0n) is 23.4. The molecule has 2 aliphatic heterocycles. The van der Waals surface area contributed by atoms with Gasteiger partial charge in [0.05, 0.1) is 34.3 Å². The van der Waals surface area contributed by atoms with E-state index in [1.54, 1.807) is 39.0 Å². The number of allylic oxidation sites excluding steroid dienone is 1. The van der Waals surface area contributed by atoms with E-state index in [9.17, 15) is 32.7 Å². The highest BCUT2D eigenvalue weighted by Crippen LogP contribution is 2.42. The number of carbonyl (C=O) groups is 3. The van der Waals surface area contributed by atoms with Crippen LogP contribution in [0.15, 0.2) is 47.5 Å². The number of amides is 3. The van der Waals surface area contributed by atoms with Crippen molar-refractivity contribution in [2.24, 2.45) is 0 Å². The van der Waals surface area contributed by atoms with Crippen molar-refractivity contribution in [2.45, 2.75) is 57.5 Å². The minimum Gasteiger partial charge on any atom is -0.444 e. The Morgan fingerprint density at radius 3 is 2.63 bits per heavy atom. The maximum atomic E-state index is 14.0. The average molecular weight is 637 g/mol. The molecule has 2 aliphatic rings. The number of aliphatic hydroxyl groups is 1. The predicted octanol–water partition coefficient (Wildman–Crippen LogP) is 6.25. The van der Waals surface area contributed by atoms with Crippen LogP contribution in [0.3, 0.4) is 0 Å². The monoisotopic (exact) mass is 636 g/mol. The van der Waals surface area contributed by atoms with Gasteiger partial charge >= 0.3 is 12.3 Å². The topological polar surface area (TPSA) is 116 Å². The van der Waals surface area contributed by atoms with Gasteiger partial charge in [0.15, 0.2) is 0 Å². The normalized spacial score (nSPS) is 21.1. The summed E-state index contributed by atoms with van der Waals surface area (Å²) in [6.45, 7) is 5.11. The number of likely N-dealkylation sites (tertiary alicyclic amines) is 1. The molecule has 0 radical (unpaired) electrons. The van der Waals surface area contributed by atoms with Gasteiger partial charge in [0.1, 0.15) is 5.60 Å². The standard InChI is InChI=1S/C29H28ClF3N4O5S/c1-28(2,3)42-26(40)36-9-8-23(38)22(14-36)37-25(39)24(43-27(37)41)19(15-5-7-21-17(10-15)13-34-35-21)11-16-4-6-18(30)12-20(16)29(31,32)33/h4-7,10,12-13,22-23,38H,8-9,11,14H2,1-3H3,(H,34,35)/b24-19-/t22-,23-/m0/s1. The molecule has 43 heavy (non-hydrogen) atoms. The van der Waals surface area contributed by atoms with E-state index in [1.165, 1.54) is 23.2 Å². The molecule has 0 bridgehead atoms. The summed E-state index contributed by atoms with van der Waals surface area (Å²) in [7, 11) is 0. The molecule has 14 heteroatoms. The molecule has 3 heterocycles. The number of fused-ring (bicyclic) bond motifs is 1. The van der Waals surface area contributed by atoms with E-state index in [0.717, 1.165) is 11.0 Å². The summed E-state index contributed by atoms with van der Waals surface area (Å²) in [4.78, 5) is 42.2. The van der Waals surface area contributed by atoms with Crippen LogP contribution in [0.25, 0.3) is 16.5 Å². The number of piperidine rings is 1. The van der Waals surface area contributed by atoms with Crippen molar-refractivity contribution in [1.82, 2.24) is 20.0 Å². The van der Waals surface area contributed by atoms with Crippen LogP contribution in [-0.2, 0) is 22.1 Å². The molecule has 0 saturated carbocycles. The Hall–Kier alpha value is -3.55. The fourth-order valence-corrected chi connectivity index (χ4v) is 6.28. The van der Waals surface area contributed by atoms with Crippen LogP contribution in [-0.4, -0.2) is 73.2 Å². The maximum absolute atomic E-state index is 14.0. The zero-order valence-corrected chi connectivity index (χ0v) is 24.9. The van der Waals surface area contributed by atoms with Gasteiger partial charge in [-0.2, -0.15) is 18.3 Å². The number of hydrogen-bond acceptors (Lipinski definition) is 7. The van der Waals surface area contributed by atoms with Crippen LogP contribution in [0.5, 0.6) is 0 Å². The second-order valence-electron chi connectivity index (χ2n) is 11.3. The number of alkyl halides is 3. The van der Waals surface area contributed by atoms with Gasteiger partial charge in [0.2, 0.25) is 0 Å². The number of aromatic nitrogens is 2. The summed E-state index contributed by atoms with van der Waals surface area (Å²) < 4.78 is 47.5. The van der Waals surface area contributed by atoms with E-state index in [4.69, 9.17) is 16.3 Å². The minimum absolute atomic E-state index is 0.0717. The number of H-pyrrole nitrogens is 1. The van der Waals surface area contributed by atoms with Crippen molar-refractivity contribution >= 4 is 57.1 Å². The first-order valence-electron chi connectivity index (χ1n) is 13.4. The first-order chi connectivity index (χ1) is 20.1. The number of aliphatic hydroxyl groups excluding tert-OH is 1. The highest BCUT2D eigenvalue weighted by Gasteiger charge is 2.47. The lowest BCUT2D eigenvalue weighted by Gasteiger charge is -2.39. The number of nitrogens with one attached hydrogen (secondary N) is 1. The van der Waals surface area contributed by atoms with E-state index >= 15 is 0 Å². The third-order valence-corrected chi connectivity index (χ3v) is 8.37. The number of benzene rings is 2. The van der Waals surface area contributed by atoms with E-state index in [0.29, 0.717) is 28.2 Å². The minimum atomic E-state index is -4.73. The molecule has 2 saturated heterocycles. The fourth-order valence-electron chi connectivity index (χ4n) is 5.12. The number of halogens is 4. The Bertz CT molecular complexity index is 1630. The van der Waals surface area contributed by atoms with Crippen LogP contribution in [0.2, 0.25) is 5.02 Å². The molecule has 3 aromatic rings. The average Bonchev–Trinajstić information content (AvgIpc) is 3.50. The van der Waals surface area contributed by atoms with Gasteiger partial charge in [0.25, 0.3) is 11.1 Å². The third kappa shape index (κ3) is 6.53. The molecular weight excluding hydrogens is 609 g/mol. The van der Waals surface area contributed by atoms with Crippen molar-refractivity contribution in [2.75, 3.05) is 13.1 Å². The Kier molecular flexibility index (Phi) is 8.27. The van der Waals surface area contributed by atoms with E-state index in [1.807, 2.05) is 0 Å². The molecule has 5 rings (SSSR count). The van der Waals surface area contributed by atoms with Crippen LogP contribution in [0.1, 0.15) is 43.9 Å². The van der Waals surface area contributed by atoms with E-state index in [2.05, 4.69) is 10.2 Å². The number of hydrogen-bond donors (Lipinski definition) is 2. The quantitative estimate of drug-likeness (QED) is 0.325. The van der Waals surface area contributed by atoms with Gasteiger partial charge < -0.3 is 14.7 Å². The first-order valence-corrected chi connectivity index (χ1v) is 14.6. The number of aromatic amines is 1. The Balaban J connectivity index is 1.56. The van der Waals surface area contributed by atoms with Gasteiger partial charge in [-0.1, -0.05) is 23.7 Å². The van der Waals surface area contributed by atoms with E-state index in [-0.39, 0.29) is 47.0 Å². The van der Waals surface area contributed by atoms with Crippen LogP contribution >= 0.6 is 23.4 Å². The summed E-state index contributed by atoms with van der Waals surface area (Å²) in [6, 6.07) is 7.30. The number of rotatable bonds is 4. The SMILES string of the molecule is CC(C)(C)OC(=O)N1CC[C@H](O)[C@@H](N2C(=O)S/C(=C(/Cc3ccc(Cl)cc3C(F)(F)F)c3ccc4[nH]ncc4c3)C2=O)C1. The second kappa shape index (κ2) is 11.5. The lowest BCUT2D eigenvalue weighted by Crippen LogP contribution is -2.58. The van der Waals surface area contributed by atoms with Gasteiger partial charge in [-0.05, 0) is 86.3 Å². The molecule has 228 valence electrons. The van der Waals surface area contributed by atoms with Crippen molar-refractivity contribution in [1.29, 1.82) is 0 Å². The largest absolute Gasteiger partial charge is 0.444 e. The lowest BCUT2D eigenvalue weighted by atomic mass is 9.93. The zero-order chi connectivity index (χ0) is 31.3. The van der Waals surface area contributed by atoms with Crippen molar-refractivity contribution in [3.63, 3.8) is 0 Å². The molecule has 0 aliphatic carbocycles. The van der Waals surface area contributed by atoms with Gasteiger partial charge in [0, 0.05) is 23.5 Å². The lowest BCUT2D eigenvalue weighted by molar-refractivity contribution is -0.138. The van der Waals surface area contributed by atoms with Gasteiger partial charge in [-0.3, -0.25) is 19.6 Å². The molecule has 3 amide bonds. The number of imide groups is 1. The summed E-state index contributed by atoms with van der Waals surface area (Å²) in [6.07, 6.45) is -5.21. The maximum Gasteiger partial charge on any atom is 0.416 e. The van der Waals surface area contributed by atoms with Gasteiger partial charge in [-0.15, -0.1) is 0 Å². The smallest absolute Gasteiger partial charge is 0.416 e. The Morgan fingerprint density at radius 1 is 1.19 bits per heavy atom. The predicted molar refractivity (Wildman–Crippen MR) is 155 cm³/mol. The van der Waals surface area contributed by atoms with Crippen LogP contribution in [0, 0.1) is 0 Å². The van der Waals surface area contributed by atoms with E-state index < -0.39 is 46.7 Å². The van der Waals surface area contributed by atoms with Crippen molar-refractivity contribution in [3.05, 3.63) is 69.2 Å². The van der Waals surface area contributed by atoms with Crippen LogP contribution < -0.4 is 0 Å². The number of thioether (sulfide) groups is 1. The molecule has 0 spiro atoms. The van der Waals surface area contributed by atoms with Crippen LogP contribution in [0.4, 0.5) is 22.8 Å². The summed E-state index contributed by atoms with van der Waals surface area (Å²) >= 11 is 6.48. The van der Waals surface area contributed by atoms with Gasteiger partial charge in [-0.25, -0.2) is 4.79 Å². The molecule has 2 N–H and O–H groups in total. The molecule has 2 aromatic carbocycles. The molecule has 2 fully saturated rings. The highest BCUT2D eigenvalue weighted by atomic mass is 35.5. The summed E-state index contributed by atoms with van der Waals surface area (Å²) in [5.41, 5.74) is -0.601. The molecule has 1 aromatic heterocycles. The molecule has 0 unspecified atom stereocenters. The van der Waals surface area contributed by atoms with Crippen molar-refractivity contribution < 1.29 is 37.4 Å². The molecule has 9 nitrogen and oxygen atoms in total.